The van der Waals surface area contributed by atoms with Crippen LogP contribution >= 0.6 is 0 Å². The number of hydrogen-bond acceptors (Lipinski definition) is 6. The van der Waals surface area contributed by atoms with E-state index in [9.17, 15) is 5.11 Å². The molecule has 0 atom stereocenters. The average molecular weight is 252 g/mol. The van der Waals surface area contributed by atoms with Crippen molar-refractivity contribution in [3.63, 3.8) is 0 Å². The number of nitrogens with one attached hydrogen (secondary N) is 1. The van der Waals surface area contributed by atoms with Gasteiger partial charge in [-0.05, 0) is 12.8 Å². The van der Waals surface area contributed by atoms with Crippen LogP contribution in [-0.4, -0.2) is 40.4 Å². The van der Waals surface area contributed by atoms with Gasteiger partial charge in [0.15, 0.2) is 0 Å². The molecule has 0 unspecified atom stereocenters. The molecule has 0 aromatic carbocycles. The van der Waals surface area contributed by atoms with E-state index in [1.807, 2.05) is 6.92 Å². The second-order valence-electron chi connectivity index (χ2n) is 4.62. The lowest BCUT2D eigenvalue weighted by atomic mass is 9.91. The van der Waals surface area contributed by atoms with Gasteiger partial charge in [-0.1, -0.05) is 6.92 Å². The van der Waals surface area contributed by atoms with Gasteiger partial charge < -0.3 is 20.9 Å². The fraction of sp³-hybridized carbons (Fsp3) is 0.667. The first-order valence-corrected chi connectivity index (χ1v) is 6.28. The maximum Gasteiger partial charge on any atom is 0.132 e. The van der Waals surface area contributed by atoms with E-state index in [0.29, 0.717) is 30.7 Å². The van der Waals surface area contributed by atoms with Gasteiger partial charge in [0.2, 0.25) is 0 Å². The molecule has 0 amide bonds. The van der Waals surface area contributed by atoms with E-state index in [1.165, 1.54) is 0 Å². The van der Waals surface area contributed by atoms with Crippen molar-refractivity contribution in [2.75, 3.05) is 30.9 Å². The number of aliphatic hydroxyl groups is 1. The van der Waals surface area contributed by atoms with E-state index < -0.39 is 0 Å². The molecule has 1 aromatic heterocycles. The van der Waals surface area contributed by atoms with Gasteiger partial charge in [0.1, 0.15) is 17.5 Å². The van der Waals surface area contributed by atoms with Crippen molar-refractivity contribution in [3.8, 4) is 0 Å². The number of hydrogen-bond donors (Lipinski definition) is 3. The van der Waals surface area contributed by atoms with Crippen LogP contribution in [0.1, 0.15) is 25.6 Å². The lowest BCUT2D eigenvalue weighted by molar-refractivity contribution is 0.0378. The summed E-state index contributed by atoms with van der Waals surface area (Å²) in [6, 6.07) is 1.70. The van der Waals surface area contributed by atoms with E-state index in [2.05, 4.69) is 15.3 Å². The van der Waals surface area contributed by atoms with Crippen LogP contribution in [0.5, 0.6) is 0 Å². The van der Waals surface area contributed by atoms with Gasteiger partial charge in [-0.2, -0.15) is 0 Å². The predicted molar refractivity (Wildman–Crippen MR) is 69.3 cm³/mol. The number of ether oxygens (including phenoxy) is 1. The maximum absolute atomic E-state index is 9.61. The van der Waals surface area contributed by atoms with Crippen molar-refractivity contribution in [1.29, 1.82) is 0 Å². The van der Waals surface area contributed by atoms with Gasteiger partial charge in [0, 0.05) is 25.7 Å². The Kier molecular flexibility index (Phi) is 3.98. The zero-order chi connectivity index (χ0) is 13.0. The Hall–Kier alpha value is -1.40. The molecule has 1 aliphatic heterocycles. The van der Waals surface area contributed by atoms with Crippen molar-refractivity contribution in [2.24, 2.45) is 0 Å². The average Bonchev–Trinajstić information content (AvgIpc) is 2.39. The summed E-state index contributed by atoms with van der Waals surface area (Å²) in [5.74, 6) is 1.83. The first-order chi connectivity index (χ1) is 8.67. The summed E-state index contributed by atoms with van der Waals surface area (Å²) < 4.78 is 5.32. The van der Waals surface area contributed by atoms with Crippen LogP contribution in [0.15, 0.2) is 6.07 Å². The third-order valence-corrected chi connectivity index (χ3v) is 3.25. The maximum atomic E-state index is 9.61. The fourth-order valence-corrected chi connectivity index (χ4v) is 2.10. The molecule has 100 valence electrons. The molecule has 0 spiro atoms. The van der Waals surface area contributed by atoms with Crippen LogP contribution in [0, 0.1) is 0 Å². The largest absolute Gasteiger partial charge is 0.394 e. The molecule has 1 aromatic rings. The molecular weight excluding hydrogens is 232 g/mol. The lowest BCUT2D eigenvalue weighted by Crippen LogP contribution is -2.47. The molecular formula is C12H20N4O2. The minimum Gasteiger partial charge on any atom is -0.394 e. The third-order valence-electron chi connectivity index (χ3n) is 3.25. The Balaban J connectivity index is 2.18. The Morgan fingerprint density at radius 1 is 1.44 bits per heavy atom. The summed E-state index contributed by atoms with van der Waals surface area (Å²) in [6.07, 6.45) is 2.25. The van der Waals surface area contributed by atoms with Crippen molar-refractivity contribution in [1.82, 2.24) is 9.97 Å². The van der Waals surface area contributed by atoms with Gasteiger partial charge in [0.25, 0.3) is 0 Å². The van der Waals surface area contributed by atoms with Gasteiger partial charge >= 0.3 is 0 Å². The number of anilines is 2. The molecule has 1 aliphatic rings. The number of rotatable bonds is 4. The summed E-state index contributed by atoms with van der Waals surface area (Å²) >= 11 is 0. The number of nitrogens with zero attached hydrogens (tertiary/aromatic N) is 2. The SMILES string of the molecule is CCc1nc(N)cc(NC2(CO)CCOCC2)n1. The quantitative estimate of drug-likeness (QED) is 0.725. The van der Waals surface area contributed by atoms with E-state index in [1.54, 1.807) is 6.07 Å². The molecule has 6 nitrogen and oxygen atoms in total. The Morgan fingerprint density at radius 3 is 2.78 bits per heavy atom. The summed E-state index contributed by atoms with van der Waals surface area (Å²) in [4.78, 5) is 8.52. The van der Waals surface area contributed by atoms with Gasteiger partial charge in [-0.25, -0.2) is 9.97 Å². The van der Waals surface area contributed by atoms with Gasteiger partial charge in [-0.3, -0.25) is 0 Å². The Morgan fingerprint density at radius 2 is 2.17 bits per heavy atom. The molecule has 2 rings (SSSR count). The monoisotopic (exact) mass is 252 g/mol. The van der Waals surface area contributed by atoms with Crippen LogP contribution in [-0.2, 0) is 11.2 Å². The predicted octanol–water partition coefficient (Wildman–Crippen LogP) is 0.575. The lowest BCUT2D eigenvalue weighted by Gasteiger charge is -2.36. The van der Waals surface area contributed by atoms with E-state index in [4.69, 9.17) is 10.5 Å². The first-order valence-electron chi connectivity index (χ1n) is 6.28. The summed E-state index contributed by atoms with van der Waals surface area (Å²) in [6.45, 7) is 3.33. The number of aromatic nitrogens is 2. The summed E-state index contributed by atoms with van der Waals surface area (Å²) in [5, 5.41) is 12.9. The van der Waals surface area contributed by atoms with Crippen LogP contribution in [0.25, 0.3) is 0 Å². The molecule has 18 heavy (non-hydrogen) atoms. The standard InChI is InChI=1S/C12H20N4O2/c1-2-10-14-9(13)7-11(15-10)16-12(8-17)3-5-18-6-4-12/h7,17H,2-6,8H2,1H3,(H3,13,14,15,16). The number of aliphatic hydroxyl groups excluding tert-OH is 1. The van der Waals surface area contributed by atoms with Crippen molar-refractivity contribution >= 4 is 11.6 Å². The van der Waals surface area contributed by atoms with Crippen molar-refractivity contribution in [2.45, 2.75) is 31.7 Å². The third kappa shape index (κ3) is 2.88. The van der Waals surface area contributed by atoms with Crippen molar-refractivity contribution in [3.05, 3.63) is 11.9 Å². The second kappa shape index (κ2) is 5.49. The highest BCUT2D eigenvalue weighted by Crippen LogP contribution is 2.25. The number of nitrogen functional groups attached to an aromatic ring is 1. The van der Waals surface area contributed by atoms with Crippen LogP contribution in [0.3, 0.4) is 0 Å². The van der Waals surface area contributed by atoms with Crippen LogP contribution < -0.4 is 11.1 Å². The minimum atomic E-state index is -0.357. The Bertz CT molecular complexity index is 405. The summed E-state index contributed by atoms with van der Waals surface area (Å²) in [5.41, 5.74) is 5.39. The van der Waals surface area contributed by atoms with Gasteiger partial charge in [0.05, 0.1) is 12.1 Å². The molecule has 2 heterocycles. The zero-order valence-corrected chi connectivity index (χ0v) is 10.6. The normalized spacial score (nSPS) is 18.6. The highest BCUT2D eigenvalue weighted by atomic mass is 16.5. The smallest absolute Gasteiger partial charge is 0.132 e. The van der Waals surface area contributed by atoms with Crippen LogP contribution in [0.4, 0.5) is 11.6 Å². The number of nitrogens with two attached hydrogens (primary N) is 1. The molecule has 1 saturated heterocycles. The van der Waals surface area contributed by atoms with E-state index >= 15 is 0 Å². The van der Waals surface area contributed by atoms with E-state index in [-0.39, 0.29) is 12.1 Å². The topological polar surface area (TPSA) is 93.3 Å². The zero-order valence-electron chi connectivity index (χ0n) is 10.6. The molecule has 0 bridgehead atoms. The molecule has 0 aliphatic carbocycles. The highest BCUT2D eigenvalue weighted by molar-refractivity contribution is 5.46. The van der Waals surface area contributed by atoms with Crippen molar-refractivity contribution < 1.29 is 9.84 Å². The molecule has 1 fully saturated rings. The van der Waals surface area contributed by atoms with Gasteiger partial charge in [-0.15, -0.1) is 0 Å². The Labute approximate surface area is 107 Å². The molecule has 6 heteroatoms. The molecule has 0 radical (unpaired) electrons. The second-order valence-corrected chi connectivity index (χ2v) is 4.62. The first kappa shape index (κ1) is 13.0. The van der Waals surface area contributed by atoms with Crippen LogP contribution in [0.2, 0.25) is 0 Å². The summed E-state index contributed by atoms with van der Waals surface area (Å²) in [7, 11) is 0. The molecule has 4 N–H and O–H groups in total. The highest BCUT2D eigenvalue weighted by Gasteiger charge is 2.32. The molecule has 0 saturated carbocycles. The van der Waals surface area contributed by atoms with E-state index in [0.717, 1.165) is 19.3 Å². The minimum absolute atomic E-state index is 0.0573. The fourth-order valence-electron chi connectivity index (χ4n) is 2.10. The number of aryl methyl sites for hydroxylation is 1.